The Morgan fingerprint density at radius 3 is 2.42 bits per heavy atom. The van der Waals surface area contributed by atoms with Gasteiger partial charge in [-0.3, -0.25) is 9.69 Å². The van der Waals surface area contributed by atoms with Crippen LogP contribution in [0.15, 0.2) is 84.3 Å². The summed E-state index contributed by atoms with van der Waals surface area (Å²) in [5.41, 5.74) is 1.61. The first kappa shape index (κ1) is 25.4. The molecule has 0 bridgehead atoms. The number of aromatic nitrogens is 1. The van der Waals surface area contributed by atoms with E-state index in [1.54, 1.807) is 26.2 Å². The molecule has 0 unspecified atom stereocenters. The number of hydrogen-bond donors (Lipinski definition) is 1. The number of aliphatic hydroxyl groups is 1. The van der Waals surface area contributed by atoms with Crippen LogP contribution in [0.2, 0.25) is 0 Å². The quantitative estimate of drug-likeness (QED) is 0.503. The van der Waals surface area contributed by atoms with Gasteiger partial charge in [-0.1, -0.05) is 61.2 Å². The molecule has 2 atom stereocenters. The summed E-state index contributed by atoms with van der Waals surface area (Å²) in [6.07, 6.45) is 1.90. The van der Waals surface area contributed by atoms with E-state index in [0.717, 1.165) is 22.3 Å². The third kappa shape index (κ3) is 5.27. The molecule has 188 valence electrons. The van der Waals surface area contributed by atoms with Crippen molar-refractivity contribution in [3.8, 4) is 11.1 Å². The van der Waals surface area contributed by atoms with Crippen LogP contribution < -0.4 is 5.56 Å². The van der Waals surface area contributed by atoms with Gasteiger partial charge in [-0.2, -0.15) is 0 Å². The maximum atomic E-state index is 13.3. The Balaban J connectivity index is 1.55. The molecule has 0 saturated carbocycles. The number of rotatable bonds is 8. The molecular weight excluding hydrogens is 456 g/mol. The van der Waals surface area contributed by atoms with Gasteiger partial charge >= 0.3 is 6.09 Å². The highest BCUT2D eigenvalue weighted by Crippen LogP contribution is 2.42. The number of ether oxygens (including phenoxy) is 2. The van der Waals surface area contributed by atoms with E-state index < -0.39 is 17.3 Å². The van der Waals surface area contributed by atoms with Crippen LogP contribution in [-0.2, 0) is 22.1 Å². The molecule has 1 aliphatic rings. The topological polar surface area (TPSA) is 81.0 Å². The first-order chi connectivity index (χ1) is 17.1. The van der Waals surface area contributed by atoms with Crippen LogP contribution in [0.25, 0.3) is 16.8 Å². The van der Waals surface area contributed by atoms with Gasteiger partial charge in [-0.15, -0.1) is 0 Å². The third-order valence-corrected chi connectivity index (χ3v) is 6.65. The molecule has 0 radical (unpaired) electrons. The lowest BCUT2D eigenvalue weighted by Crippen LogP contribution is -2.51. The number of pyridine rings is 1. The summed E-state index contributed by atoms with van der Waals surface area (Å²) >= 11 is 0. The summed E-state index contributed by atoms with van der Waals surface area (Å²) in [7, 11) is 3.24. The van der Waals surface area contributed by atoms with E-state index in [1.165, 1.54) is 16.6 Å². The van der Waals surface area contributed by atoms with Crippen LogP contribution in [-0.4, -0.2) is 46.5 Å². The van der Waals surface area contributed by atoms with Crippen molar-refractivity contribution in [2.24, 2.45) is 7.05 Å². The van der Waals surface area contributed by atoms with Crippen molar-refractivity contribution in [1.82, 2.24) is 9.47 Å². The summed E-state index contributed by atoms with van der Waals surface area (Å²) in [6, 6.07) is 20.6. The first-order valence-electron chi connectivity index (χ1n) is 11.9. The first-order valence-corrected chi connectivity index (χ1v) is 11.9. The van der Waals surface area contributed by atoms with Crippen LogP contribution in [0.4, 0.5) is 4.79 Å². The Labute approximate surface area is 211 Å². The van der Waals surface area contributed by atoms with Crippen molar-refractivity contribution in [2.45, 2.75) is 31.0 Å². The molecule has 4 rings (SSSR count). The predicted octanol–water partition coefficient (Wildman–Crippen LogP) is 4.55. The number of cyclic esters (lactones) is 1. The fraction of sp³-hybridized carbons (Fsp3) is 0.310. The molecule has 36 heavy (non-hydrogen) atoms. The summed E-state index contributed by atoms with van der Waals surface area (Å²) in [6.45, 7) is 6.34. The van der Waals surface area contributed by atoms with E-state index in [4.69, 9.17) is 9.47 Å². The minimum absolute atomic E-state index is 0.0802. The van der Waals surface area contributed by atoms with Gasteiger partial charge in [-0.25, -0.2) is 4.79 Å². The number of carbonyl (C=O) groups is 1. The largest absolute Gasteiger partial charge is 0.437 e. The molecule has 0 spiro atoms. The molecule has 2 heterocycles. The molecule has 3 aromatic rings. The Morgan fingerprint density at radius 2 is 1.81 bits per heavy atom. The maximum Gasteiger partial charge on any atom is 0.415 e. The Bertz CT molecular complexity index is 1300. The smallest absolute Gasteiger partial charge is 0.415 e. The molecule has 2 aromatic carbocycles. The monoisotopic (exact) mass is 488 g/mol. The number of methoxy groups -OCH3 is 1. The second kappa shape index (κ2) is 10.1. The number of nitrogens with zero attached hydrogens (tertiary/aromatic N) is 2. The van der Waals surface area contributed by atoms with E-state index >= 15 is 0 Å². The Hall–Kier alpha value is -3.68. The SMILES string of the molecule is C=C(c1ccc(-c2ccn(C)c(=O)c2)cc1)N1CC[C@](C[C@@](C)(O)COC)(c2ccccc2)OC1=O. The van der Waals surface area contributed by atoms with Crippen molar-refractivity contribution < 1.29 is 19.4 Å². The van der Waals surface area contributed by atoms with E-state index in [1.807, 2.05) is 60.7 Å². The number of hydrogen-bond acceptors (Lipinski definition) is 5. The Morgan fingerprint density at radius 1 is 1.11 bits per heavy atom. The Kier molecular flexibility index (Phi) is 7.15. The number of carbonyl (C=O) groups excluding carboxylic acids is 1. The van der Waals surface area contributed by atoms with Gasteiger partial charge in [0, 0.05) is 51.5 Å². The van der Waals surface area contributed by atoms with Crippen LogP contribution >= 0.6 is 0 Å². The highest BCUT2D eigenvalue weighted by Gasteiger charge is 2.47. The second-order valence-electron chi connectivity index (χ2n) is 9.63. The molecule has 0 aliphatic carbocycles. The fourth-order valence-electron chi connectivity index (χ4n) is 4.79. The van der Waals surface area contributed by atoms with Crippen LogP contribution in [0.5, 0.6) is 0 Å². The maximum absolute atomic E-state index is 13.3. The molecule has 1 aliphatic heterocycles. The van der Waals surface area contributed by atoms with Crippen LogP contribution in [0, 0.1) is 0 Å². The van der Waals surface area contributed by atoms with Gasteiger partial charge in [-0.05, 0) is 35.2 Å². The molecule has 1 amide bonds. The zero-order valence-corrected chi connectivity index (χ0v) is 20.9. The molecule has 7 nitrogen and oxygen atoms in total. The summed E-state index contributed by atoms with van der Waals surface area (Å²) in [5, 5.41) is 10.9. The van der Waals surface area contributed by atoms with Gasteiger partial charge in [0.15, 0.2) is 0 Å². The highest BCUT2D eigenvalue weighted by molar-refractivity contribution is 5.83. The fourth-order valence-corrected chi connectivity index (χ4v) is 4.79. The normalized spacial score (nSPS) is 19.4. The van der Waals surface area contributed by atoms with Gasteiger partial charge in [0.1, 0.15) is 5.60 Å². The van der Waals surface area contributed by atoms with Crippen molar-refractivity contribution in [3.05, 3.63) is 101 Å². The lowest BCUT2D eigenvalue weighted by Gasteiger charge is -2.44. The number of benzene rings is 2. The van der Waals surface area contributed by atoms with Gasteiger partial charge < -0.3 is 19.1 Å². The van der Waals surface area contributed by atoms with Crippen LogP contribution in [0.1, 0.15) is 30.9 Å². The average Bonchev–Trinajstić information content (AvgIpc) is 2.86. The second-order valence-corrected chi connectivity index (χ2v) is 9.63. The van der Waals surface area contributed by atoms with Crippen molar-refractivity contribution in [1.29, 1.82) is 0 Å². The summed E-state index contributed by atoms with van der Waals surface area (Å²) < 4.78 is 12.8. The number of amides is 1. The minimum atomic E-state index is -1.18. The van der Waals surface area contributed by atoms with Crippen molar-refractivity contribution >= 4 is 11.8 Å². The predicted molar refractivity (Wildman–Crippen MR) is 139 cm³/mol. The minimum Gasteiger partial charge on any atom is -0.437 e. The molecule has 1 N–H and O–H groups in total. The molecular formula is C29H32N2O5. The average molecular weight is 489 g/mol. The lowest BCUT2D eigenvalue weighted by atomic mass is 9.79. The van der Waals surface area contributed by atoms with Gasteiger partial charge in [0.25, 0.3) is 5.56 Å². The van der Waals surface area contributed by atoms with Gasteiger partial charge in [0.05, 0.1) is 12.2 Å². The van der Waals surface area contributed by atoms with E-state index in [0.29, 0.717) is 18.7 Å². The van der Waals surface area contributed by atoms with Crippen molar-refractivity contribution in [2.75, 3.05) is 20.3 Å². The molecule has 1 saturated heterocycles. The van der Waals surface area contributed by atoms with E-state index in [2.05, 4.69) is 6.58 Å². The standard InChI is InChI=1S/C29H32N2O5/c1-21(22-10-12-23(13-11-22)24-14-16-30(3)26(32)18-24)31-17-15-29(36-27(31)33,19-28(2,34)20-35-4)25-8-6-5-7-9-25/h5-14,16,18,34H,1,15,17,19-20H2,2-4H3/t28-,29+/m1/s1. The molecule has 1 aromatic heterocycles. The third-order valence-electron chi connectivity index (χ3n) is 6.65. The number of aryl methyl sites for hydroxylation is 1. The summed E-state index contributed by atoms with van der Waals surface area (Å²) in [4.78, 5) is 26.8. The van der Waals surface area contributed by atoms with Gasteiger partial charge in [0.2, 0.25) is 0 Å². The van der Waals surface area contributed by atoms with E-state index in [9.17, 15) is 14.7 Å². The van der Waals surface area contributed by atoms with Crippen molar-refractivity contribution in [3.63, 3.8) is 0 Å². The van der Waals surface area contributed by atoms with Crippen LogP contribution in [0.3, 0.4) is 0 Å². The van der Waals surface area contributed by atoms with E-state index in [-0.39, 0.29) is 18.6 Å². The zero-order valence-electron chi connectivity index (χ0n) is 20.9. The molecule has 1 fully saturated rings. The summed E-state index contributed by atoms with van der Waals surface area (Å²) in [5.74, 6) is 0. The lowest BCUT2D eigenvalue weighted by molar-refractivity contribution is -0.112. The zero-order chi connectivity index (χ0) is 25.9. The highest BCUT2D eigenvalue weighted by atomic mass is 16.6. The molecule has 7 heteroatoms.